The topological polar surface area (TPSA) is 44.8 Å². The average Bonchev–Trinajstić information content (AvgIpc) is 3.02. The molecule has 5 nitrogen and oxygen atoms in total. The van der Waals surface area contributed by atoms with Gasteiger partial charge in [0.2, 0.25) is 5.91 Å². The number of fused-ring (bicyclic) bond motifs is 1. The zero-order valence-corrected chi connectivity index (χ0v) is 12.5. The fourth-order valence-corrected chi connectivity index (χ4v) is 2.99. The number of rotatable bonds is 4. The Morgan fingerprint density at radius 3 is 2.90 bits per heavy atom. The van der Waals surface area contributed by atoms with E-state index in [0.29, 0.717) is 13.1 Å². The minimum Gasteiger partial charge on any atom is -0.376 e. The number of para-hydroxylation sites is 2. The Kier molecular flexibility index (Phi) is 4.29. The van der Waals surface area contributed by atoms with Crippen molar-refractivity contribution in [3.05, 3.63) is 24.3 Å². The number of nitrogens with zero attached hydrogens (tertiary/aromatic N) is 2. The average molecular weight is 289 g/mol. The van der Waals surface area contributed by atoms with E-state index in [1.54, 1.807) is 0 Å². The maximum atomic E-state index is 12.1. The Morgan fingerprint density at radius 1 is 1.33 bits per heavy atom. The highest BCUT2D eigenvalue weighted by Crippen LogP contribution is 2.31. The summed E-state index contributed by atoms with van der Waals surface area (Å²) in [5.41, 5.74) is 2.33. The van der Waals surface area contributed by atoms with Crippen LogP contribution in [0.15, 0.2) is 24.3 Å². The molecule has 114 valence electrons. The highest BCUT2D eigenvalue weighted by Gasteiger charge is 2.22. The Bertz CT molecular complexity index is 500. The summed E-state index contributed by atoms with van der Waals surface area (Å²) in [5, 5.41) is 2.99. The fraction of sp³-hybridized carbons (Fsp3) is 0.562. The largest absolute Gasteiger partial charge is 0.376 e. The van der Waals surface area contributed by atoms with E-state index in [1.807, 2.05) is 12.1 Å². The monoisotopic (exact) mass is 289 g/mol. The van der Waals surface area contributed by atoms with Crippen molar-refractivity contribution in [3.63, 3.8) is 0 Å². The van der Waals surface area contributed by atoms with Gasteiger partial charge in [0, 0.05) is 33.3 Å². The first-order valence-corrected chi connectivity index (χ1v) is 7.67. The molecule has 0 radical (unpaired) electrons. The number of nitrogens with one attached hydrogen (secondary N) is 1. The van der Waals surface area contributed by atoms with E-state index >= 15 is 0 Å². The van der Waals surface area contributed by atoms with Crippen LogP contribution in [0, 0.1) is 0 Å². The van der Waals surface area contributed by atoms with E-state index in [9.17, 15) is 4.79 Å². The lowest BCUT2D eigenvalue weighted by atomic mass is 10.1. The minimum absolute atomic E-state index is 0.0739. The smallest absolute Gasteiger partial charge is 0.239 e. The molecule has 1 amide bonds. The molecule has 0 unspecified atom stereocenters. The lowest BCUT2D eigenvalue weighted by molar-refractivity contribution is -0.120. The molecule has 1 atom stereocenters. The number of likely N-dealkylation sites (N-methyl/N-ethyl adjacent to an activating group) is 1. The zero-order chi connectivity index (χ0) is 14.7. The van der Waals surface area contributed by atoms with Crippen LogP contribution in [0.2, 0.25) is 0 Å². The third-order valence-corrected chi connectivity index (χ3v) is 4.22. The van der Waals surface area contributed by atoms with E-state index in [1.165, 1.54) is 5.69 Å². The molecule has 1 aromatic carbocycles. The third-order valence-electron chi connectivity index (χ3n) is 4.22. The molecular formula is C16H23N3O2. The van der Waals surface area contributed by atoms with E-state index in [2.05, 4.69) is 34.3 Å². The van der Waals surface area contributed by atoms with Crippen molar-refractivity contribution in [2.24, 2.45) is 0 Å². The first kappa shape index (κ1) is 14.2. The number of carbonyl (C=O) groups excluding carboxylic acids is 1. The molecule has 3 rings (SSSR count). The summed E-state index contributed by atoms with van der Waals surface area (Å²) in [7, 11) is 2.09. The van der Waals surface area contributed by atoms with Crippen LogP contribution in [0.25, 0.3) is 0 Å². The summed E-state index contributed by atoms with van der Waals surface area (Å²) < 4.78 is 5.53. The van der Waals surface area contributed by atoms with Crippen LogP contribution in [-0.2, 0) is 9.53 Å². The number of carbonyl (C=O) groups is 1. The van der Waals surface area contributed by atoms with Gasteiger partial charge in [-0.15, -0.1) is 0 Å². The quantitative estimate of drug-likeness (QED) is 0.906. The summed E-state index contributed by atoms with van der Waals surface area (Å²) in [6.45, 7) is 3.69. The predicted octanol–water partition coefficient (Wildman–Crippen LogP) is 1.24. The van der Waals surface area contributed by atoms with Crippen molar-refractivity contribution in [3.8, 4) is 0 Å². The number of amides is 1. The molecule has 5 heteroatoms. The highest BCUT2D eigenvalue weighted by molar-refractivity contribution is 5.84. The predicted molar refractivity (Wildman–Crippen MR) is 83.9 cm³/mol. The number of hydrogen-bond acceptors (Lipinski definition) is 4. The van der Waals surface area contributed by atoms with Crippen molar-refractivity contribution in [2.45, 2.75) is 18.9 Å². The van der Waals surface area contributed by atoms with Crippen LogP contribution in [-0.4, -0.2) is 51.8 Å². The van der Waals surface area contributed by atoms with Gasteiger partial charge < -0.3 is 19.9 Å². The number of anilines is 2. The van der Waals surface area contributed by atoms with Crippen molar-refractivity contribution >= 4 is 17.3 Å². The number of ether oxygens (including phenoxy) is 1. The van der Waals surface area contributed by atoms with E-state index in [0.717, 1.165) is 38.2 Å². The van der Waals surface area contributed by atoms with E-state index < -0.39 is 0 Å². The second kappa shape index (κ2) is 6.35. The maximum absolute atomic E-state index is 12.1. The molecule has 1 fully saturated rings. The Morgan fingerprint density at radius 2 is 2.14 bits per heavy atom. The van der Waals surface area contributed by atoms with E-state index in [-0.39, 0.29) is 12.0 Å². The minimum atomic E-state index is 0.0739. The summed E-state index contributed by atoms with van der Waals surface area (Å²) in [6.07, 6.45) is 2.36. The van der Waals surface area contributed by atoms with Crippen molar-refractivity contribution in [1.29, 1.82) is 0 Å². The lowest BCUT2D eigenvalue weighted by Crippen LogP contribution is -2.45. The zero-order valence-electron chi connectivity index (χ0n) is 12.5. The van der Waals surface area contributed by atoms with Gasteiger partial charge in [-0.1, -0.05) is 12.1 Å². The van der Waals surface area contributed by atoms with Crippen molar-refractivity contribution in [2.75, 3.05) is 49.6 Å². The molecule has 0 spiro atoms. The van der Waals surface area contributed by atoms with Gasteiger partial charge in [-0.25, -0.2) is 0 Å². The van der Waals surface area contributed by atoms with Crippen LogP contribution < -0.4 is 15.1 Å². The molecule has 1 aromatic rings. The highest BCUT2D eigenvalue weighted by atomic mass is 16.5. The first-order chi connectivity index (χ1) is 10.2. The van der Waals surface area contributed by atoms with Crippen molar-refractivity contribution in [1.82, 2.24) is 5.32 Å². The summed E-state index contributed by atoms with van der Waals surface area (Å²) in [4.78, 5) is 16.5. The normalized spacial score (nSPS) is 21.3. The van der Waals surface area contributed by atoms with Crippen LogP contribution in [0.3, 0.4) is 0 Å². The molecule has 1 saturated heterocycles. The van der Waals surface area contributed by atoms with E-state index in [4.69, 9.17) is 4.74 Å². The molecule has 21 heavy (non-hydrogen) atoms. The first-order valence-electron chi connectivity index (χ1n) is 7.67. The molecule has 1 N–H and O–H groups in total. The van der Waals surface area contributed by atoms with Gasteiger partial charge in [0.1, 0.15) is 0 Å². The summed E-state index contributed by atoms with van der Waals surface area (Å²) in [6, 6.07) is 8.25. The third kappa shape index (κ3) is 3.29. The molecule has 0 saturated carbocycles. The Labute approximate surface area is 125 Å². The lowest BCUT2D eigenvalue weighted by Gasteiger charge is -2.36. The summed E-state index contributed by atoms with van der Waals surface area (Å²) in [5.74, 6) is 0.0739. The van der Waals surface area contributed by atoms with Gasteiger partial charge in [0.15, 0.2) is 0 Å². The van der Waals surface area contributed by atoms with Crippen LogP contribution >= 0.6 is 0 Å². The SMILES string of the molecule is CN1CCN(CC(=O)NC[C@@H]2CCCO2)c2ccccc21. The van der Waals surface area contributed by atoms with Gasteiger partial charge in [-0.05, 0) is 25.0 Å². The van der Waals surface area contributed by atoms with Crippen molar-refractivity contribution < 1.29 is 9.53 Å². The Hall–Kier alpha value is -1.75. The maximum Gasteiger partial charge on any atom is 0.239 e. The Balaban J connectivity index is 1.57. The molecular weight excluding hydrogens is 266 g/mol. The van der Waals surface area contributed by atoms with Gasteiger partial charge in [0.25, 0.3) is 0 Å². The molecule has 2 aliphatic heterocycles. The van der Waals surface area contributed by atoms with Crippen LogP contribution in [0.4, 0.5) is 11.4 Å². The van der Waals surface area contributed by atoms with Gasteiger partial charge in [0.05, 0.1) is 24.0 Å². The molecule has 0 bridgehead atoms. The standard InChI is InChI=1S/C16H23N3O2/c1-18-8-9-19(15-7-3-2-6-14(15)18)12-16(20)17-11-13-5-4-10-21-13/h2-3,6-7,13H,4-5,8-12H2,1H3,(H,17,20)/t13-/m0/s1. The van der Waals surface area contributed by atoms with Crippen LogP contribution in [0.1, 0.15) is 12.8 Å². The second-order valence-electron chi connectivity index (χ2n) is 5.77. The molecule has 2 heterocycles. The molecule has 2 aliphatic rings. The molecule has 0 aromatic heterocycles. The van der Waals surface area contributed by atoms with Gasteiger partial charge >= 0.3 is 0 Å². The molecule has 0 aliphatic carbocycles. The number of benzene rings is 1. The fourth-order valence-electron chi connectivity index (χ4n) is 2.99. The van der Waals surface area contributed by atoms with Gasteiger partial charge in [-0.2, -0.15) is 0 Å². The second-order valence-corrected chi connectivity index (χ2v) is 5.77. The van der Waals surface area contributed by atoms with Gasteiger partial charge in [-0.3, -0.25) is 4.79 Å². The summed E-state index contributed by atoms with van der Waals surface area (Å²) >= 11 is 0. The van der Waals surface area contributed by atoms with Crippen LogP contribution in [0.5, 0.6) is 0 Å². The number of hydrogen-bond donors (Lipinski definition) is 1.